The van der Waals surface area contributed by atoms with Crippen LogP contribution in [0.1, 0.15) is 31.7 Å². The van der Waals surface area contributed by atoms with Gasteiger partial charge in [0.05, 0.1) is 11.0 Å². The molecule has 0 saturated carbocycles. The van der Waals surface area contributed by atoms with E-state index < -0.39 is 4.92 Å². The number of rotatable bonds is 6. The maximum absolute atomic E-state index is 11.7. The quantitative estimate of drug-likeness (QED) is 0.622. The first-order valence-electron chi connectivity index (χ1n) is 7.91. The number of ether oxygens (including phenoxy) is 1. The average molecular weight is 321 g/mol. The molecule has 2 amide bonds. The van der Waals surface area contributed by atoms with Crippen LogP contribution in [-0.2, 0) is 11.3 Å². The molecule has 1 aliphatic rings. The Labute approximate surface area is 135 Å². The first-order chi connectivity index (χ1) is 11.0. The highest BCUT2D eigenvalue weighted by atomic mass is 16.6. The molecule has 0 aromatic heterocycles. The number of nitrogens with one attached hydrogen (secondary N) is 2. The molecule has 1 saturated heterocycles. The van der Waals surface area contributed by atoms with E-state index in [2.05, 4.69) is 17.6 Å². The molecule has 1 heterocycles. The molecule has 2 rings (SSSR count). The van der Waals surface area contributed by atoms with Crippen molar-refractivity contribution in [2.75, 3.05) is 13.2 Å². The monoisotopic (exact) mass is 321 g/mol. The number of carbonyl (C=O) groups is 1. The molecule has 1 aromatic carbocycles. The Kier molecular flexibility index (Phi) is 6.34. The van der Waals surface area contributed by atoms with Gasteiger partial charge in [-0.25, -0.2) is 4.79 Å². The summed E-state index contributed by atoms with van der Waals surface area (Å²) in [6.07, 6.45) is 3.37. The predicted octanol–water partition coefficient (Wildman–Crippen LogP) is 2.60. The molecule has 2 N–H and O–H groups in total. The van der Waals surface area contributed by atoms with Crippen molar-refractivity contribution in [2.45, 2.75) is 38.8 Å². The summed E-state index contributed by atoms with van der Waals surface area (Å²) in [5.74, 6) is 0.605. The van der Waals surface area contributed by atoms with Crippen molar-refractivity contribution in [1.82, 2.24) is 10.6 Å². The van der Waals surface area contributed by atoms with Gasteiger partial charge in [-0.05, 0) is 37.7 Å². The predicted molar refractivity (Wildman–Crippen MR) is 86.1 cm³/mol. The van der Waals surface area contributed by atoms with E-state index in [1.807, 2.05) is 0 Å². The Hall–Kier alpha value is -2.15. The van der Waals surface area contributed by atoms with Gasteiger partial charge in [-0.3, -0.25) is 10.1 Å². The molecule has 23 heavy (non-hydrogen) atoms. The van der Waals surface area contributed by atoms with Gasteiger partial charge in [-0.1, -0.05) is 12.1 Å². The van der Waals surface area contributed by atoms with Crippen molar-refractivity contribution >= 4 is 11.7 Å². The fourth-order valence-corrected chi connectivity index (χ4v) is 2.72. The van der Waals surface area contributed by atoms with Crippen molar-refractivity contribution < 1.29 is 14.5 Å². The van der Waals surface area contributed by atoms with Gasteiger partial charge < -0.3 is 15.4 Å². The van der Waals surface area contributed by atoms with Crippen LogP contribution in [0.5, 0.6) is 0 Å². The number of amides is 2. The standard InChI is InChI=1S/C16H23N3O4/c1-12-10-13(7-9-23-12)6-8-17-16(20)18-11-14-2-4-15(5-3-14)19(21)22/h2-5,12-13H,6-11H2,1H3,(H2,17,18,20)/t12-,13+/m0/s1. The van der Waals surface area contributed by atoms with Crippen LogP contribution in [0.3, 0.4) is 0 Å². The van der Waals surface area contributed by atoms with E-state index in [9.17, 15) is 14.9 Å². The first-order valence-corrected chi connectivity index (χ1v) is 7.91. The van der Waals surface area contributed by atoms with Crippen LogP contribution in [0.25, 0.3) is 0 Å². The van der Waals surface area contributed by atoms with Crippen molar-refractivity contribution in [3.05, 3.63) is 39.9 Å². The Morgan fingerprint density at radius 3 is 2.74 bits per heavy atom. The van der Waals surface area contributed by atoms with Crippen LogP contribution in [0.2, 0.25) is 0 Å². The molecule has 0 unspecified atom stereocenters. The van der Waals surface area contributed by atoms with E-state index in [4.69, 9.17) is 4.74 Å². The lowest BCUT2D eigenvalue weighted by Crippen LogP contribution is -2.36. The Bertz CT molecular complexity index is 533. The highest BCUT2D eigenvalue weighted by Crippen LogP contribution is 2.22. The molecule has 7 nitrogen and oxygen atoms in total. The summed E-state index contributed by atoms with van der Waals surface area (Å²) in [6.45, 7) is 3.87. The van der Waals surface area contributed by atoms with E-state index in [0.29, 0.717) is 25.1 Å². The van der Waals surface area contributed by atoms with Gasteiger partial charge in [0.2, 0.25) is 0 Å². The zero-order chi connectivity index (χ0) is 16.7. The van der Waals surface area contributed by atoms with Gasteiger partial charge >= 0.3 is 6.03 Å². The van der Waals surface area contributed by atoms with Crippen molar-refractivity contribution in [3.63, 3.8) is 0 Å². The van der Waals surface area contributed by atoms with Crippen LogP contribution in [0, 0.1) is 16.0 Å². The molecule has 2 atom stereocenters. The highest BCUT2D eigenvalue weighted by molar-refractivity contribution is 5.73. The van der Waals surface area contributed by atoms with Crippen LogP contribution in [0.4, 0.5) is 10.5 Å². The summed E-state index contributed by atoms with van der Waals surface area (Å²) < 4.78 is 5.50. The van der Waals surface area contributed by atoms with Gasteiger partial charge in [0.15, 0.2) is 0 Å². The molecule has 0 spiro atoms. The average Bonchev–Trinajstić information content (AvgIpc) is 2.53. The third-order valence-corrected chi connectivity index (χ3v) is 4.03. The Balaban J connectivity index is 1.64. The second kappa shape index (κ2) is 8.47. The molecule has 1 aliphatic heterocycles. The van der Waals surface area contributed by atoms with Crippen molar-refractivity contribution in [3.8, 4) is 0 Å². The molecule has 1 aromatic rings. The molecule has 0 radical (unpaired) electrons. The number of hydrogen-bond acceptors (Lipinski definition) is 4. The molecule has 7 heteroatoms. The van der Waals surface area contributed by atoms with E-state index >= 15 is 0 Å². The van der Waals surface area contributed by atoms with Crippen LogP contribution < -0.4 is 10.6 Å². The molecular weight excluding hydrogens is 298 g/mol. The van der Waals surface area contributed by atoms with Gasteiger partial charge in [-0.2, -0.15) is 0 Å². The minimum atomic E-state index is -0.443. The first kappa shape index (κ1) is 17.2. The maximum Gasteiger partial charge on any atom is 0.315 e. The number of urea groups is 1. The van der Waals surface area contributed by atoms with Gasteiger partial charge in [0, 0.05) is 31.8 Å². The zero-order valence-electron chi connectivity index (χ0n) is 13.3. The zero-order valence-corrected chi connectivity index (χ0v) is 13.3. The number of benzene rings is 1. The summed E-state index contributed by atoms with van der Waals surface area (Å²) in [7, 11) is 0. The number of non-ortho nitro benzene ring substituents is 1. The molecular formula is C16H23N3O4. The molecule has 0 aliphatic carbocycles. The highest BCUT2D eigenvalue weighted by Gasteiger charge is 2.18. The molecule has 126 valence electrons. The maximum atomic E-state index is 11.7. The second-order valence-electron chi connectivity index (χ2n) is 5.89. The fraction of sp³-hybridized carbons (Fsp3) is 0.562. The minimum Gasteiger partial charge on any atom is -0.378 e. The normalized spacial score (nSPS) is 20.7. The number of hydrogen-bond donors (Lipinski definition) is 2. The number of nitro groups is 1. The fourth-order valence-electron chi connectivity index (χ4n) is 2.72. The van der Waals surface area contributed by atoms with E-state index in [1.165, 1.54) is 12.1 Å². The Morgan fingerprint density at radius 2 is 2.09 bits per heavy atom. The summed E-state index contributed by atoms with van der Waals surface area (Å²) in [6, 6.07) is 5.93. The van der Waals surface area contributed by atoms with Gasteiger partial charge in [0.25, 0.3) is 5.69 Å². The van der Waals surface area contributed by atoms with E-state index in [0.717, 1.165) is 31.4 Å². The van der Waals surface area contributed by atoms with E-state index in [-0.39, 0.29) is 11.7 Å². The van der Waals surface area contributed by atoms with Gasteiger partial charge in [-0.15, -0.1) is 0 Å². The lowest BCUT2D eigenvalue weighted by Gasteiger charge is -2.27. The van der Waals surface area contributed by atoms with Crippen LogP contribution >= 0.6 is 0 Å². The van der Waals surface area contributed by atoms with Crippen molar-refractivity contribution in [2.24, 2.45) is 5.92 Å². The summed E-state index contributed by atoms with van der Waals surface area (Å²) in [5.41, 5.74) is 0.868. The Morgan fingerprint density at radius 1 is 1.35 bits per heavy atom. The third-order valence-electron chi connectivity index (χ3n) is 4.03. The van der Waals surface area contributed by atoms with E-state index in [1.54, 1.807) is 12.1 Å². The SMILES string of the molecule is C[C@H]1C[C@H](CCNC(=O)NCc2ccc([N+](=O)[O-])cc2)CCO1. The molecule has 1 fully saturated rings. The van der Waals surface area contributed by atoms with Crippen LogP contribution in [0.15, 0.2) is 24.3 Å². The van der Waals surface area contributed by atoms with Crippen LogP contribution in [-0.4, -0.2) is 30.2 Å². The van der Waals surface area contributed by atoms with Crippen molar-refractivity contribution in [1.29, 1.82) is 0 Å². The van der Waals surface area contributed by atoms with Gasteiger partial charge in [0.1, 0.15) is 0 Å². The summed E-state index contributed by atoms with van der Waals surface area (Å²) in [5, 5.41) is 16.2. The topological polar surface area (TPSA) is 93.5 Å². The smallest absolute Gasteiger partial charge is 0.315 e. The lowest BCUT2D eigenvalue weighted by molar-refractivity contribution is -0.384. The third kappa shape index (κ3) is 5.86. The molecule has 0 bridgehead atoms. The largest absolute Gasteiger partial charge is 0.378 e. The number of carbonyl (C=O) groups excluding carboxylic acids is 1. The number of nitrogens with zero attached hydrogens (tertiary/aromatic N) is 1. The summed E-state index contributed by atoms with van der Waals surface area (Å²) >= 11 is 0. The second-order valence-corrected chi connectivity index (χ2v) is 5.89. The number of nitro benzene ring substituents is 1. The minimum absolute atomic E-state index is 0.0453. The lowest BCUT2D eigenvalue weighted by atomic mass is 9.93. The summed E-state index contributed by atoms with van der Waals surface area (Å²) in [4.78, 5) is 21.9.